The van der Waals surface area contributed by atoms with Crippen LogP contribution in [0.1, 0.15) is 38.3 Å². The predicted molar refractivity (Wildman–Crippen MR) is 156 cm³/mol. The molecule has 1 aliphatic heterocycles. The van der Waals surface area contributed by atoms with Crippen LogP contribution in [0.25, 0.3) is 17.7 Å². The molecule has 2 amide bonds. The van der Waals surface area contributed by atoms with E-state index in [1.54, 1.807) is 12.2 Å². The molecule has 0 atom stereocenters. The molecule has 42 heavy (non-hydrogen) atoms. The number of carbonyl (C=O) groups excluding carboxylic acids is 2. The highest BCUT2D eigenvalue weighted by Gasteiger charge is 2.24. The number of fused-ring (bicyclic) bond motifs is 1. The summed E-state index contributed by atoms with van der Waals surface area (Å²) in [6, 6.07) is 10.9. The van der Waals surface area contributed by atoms with Crippen LogP contribution in [0.3, 0.4) is 0 Å². The van der Waals surface area contributed by atoms with Crippen molar-refractivity contribution in [3.8, 4) is 0 Å². The molecule has 3 heterocycles. The number of aromatic nitrogens is 3. The SMILES string of the molecule is CN(C)Cc1c[nH]c(/C=C2/C(=O)Nc3cc(/C=C/CNC(=O)c4cncn(Cc5ccc(F)c(F)c5)c4=O)ccc32)c1. The van der Waals surface area contributed by atoms with Crippen molar-refractivity contribution in [2.75, 3.05) is 26.0 Å². The number of amides is 2. The van der Waals surface area contributed by atoms with E-state index in [2.05, 4.69) is 25.5 Å². The van der Waals surface area contributed by atoms with Crippen molar-refractivity contribution >= 4 is 35.2 Å². The lowest BCUT2D eigenvalue weighted by molar-refractivity contribution is -0.110. The van der Waals surface area contributed by atoms with Gasteiger partial charge in [-0.25, -0.2) is 13.8 Å². The van der Waals surface area contributed by atoms with Crippen molar-refractivity contribution in [2.24, 2.45) is 0 Å². The van der Waals surface area contributed by atoms with E-state index in [0.717, 1.165) is 51.8 Å². The second kappa shape index (κ2) is 12.1. The third-order valence-electron chi connectivity index (χ3n) is 6.56. The molecule has 0 radical (unpaired) electrons. The minimum Gasteiger partial charge on any atom is -0.361 e. The van der Waals surface area contributed by atoms with Crippen LogP contribution in [-0.2, 0) is 17.9 Å². The normalized spacial score (nSPS) is 13.6. The van der Waals surface area contributed by atoms with Crippen LogP contribution >= 0.6 is 0 Å². The third kappa shape index (κ3) is 6.42. The zero-order valence-corrected chi connectivity index (χ0v) is 22.9. The largest absolute Gasteiger partial charge is 0.361 e. The van der Waals surface area contributed by atoms with E-state index in [9.17, 15) is 23.2 Å². The zero-order chi connectivity index (χ0) is 29.8. The molecular formula is C31H28F2N6O3. The molecule has 0 spiro atoms. The Morgan fingerprint density at radius 1 is 1.07 bits per heavy atom. The Hall–Kier alpha value is -5.16. The number of hydrogen-bond acceptors (Lipinski definition) is 5. The van der Waals surface area contributed by atoms with Gasteiger partial charge >= 0.3 is 0 Å². The molecule has 0 aliphatic carbocycles. The molecule has 0 fully saturated rings. The van der Waals surface area contributed by atoms with Crippen molar-refractivity contribution in [1.29, 1.82) is 0 Å². The summed E-state index contributed by atoms with van der Waals surface area (Å²) in [5.41, 5.74) is 4.39. The highest BCUT2D eigenvalue weighted by molar-refractivity contribution is 6.34. The molecule has 0 bridgehead atoms. The highest BCUT2D eigenvalue weighted by Crippen LogP contribution is 2.34. The number of H-pyrrole nitrogens is 1. The molecule has 3 N–H and O–H groups in total. The van der Waals surface area contributed by atoms with Crippen molar-refractivity contribution in [3.05, 3.63) is 123 Å². The minimum absolute atomic E-state index is 0.0711. The standard InChI is InChI=1S/C31H28F2N6O3/c1-38(2)16-21-10-22(36-14-21)13-24-23-7-5-19(12-28(23)37-30(24)41)4-3-9-35-29(40)25-15-34-18-39(31(25)42)17-20-6-8-26(32)27(33)11-20/h3-8,10-15,18,36H,9,16-17H2,1-2H3,(H,35,40)(H,37,41)/b4-3+,24-13+. The van der Waals surface area contributed by atoms with Crippen LogP contribution in [0, 0.1) is 11.6 Å². The second-order valence-electron chi connectivity index (χ2n) is 10.1. The van der Waals surface area contributed by atoms with Gasteiger partial charge in [-0.15, -0.1) is 0 Å². The smallest absolute Gasteiger partial charge is 0.266 e. The molecule has 214 valence electrons. The van der Waals surface area contributed by atoms with Crippen molar-refractivity contribution in [3.63, 3.8) is 0 Å². The second-order valence-corrected chi connectivity index (χ2v) is 10.1. The lowest BCUT2D eigenvalue weighted by atomic mass is 10.0. The summed E-state index contributed by atoms with van der Waals surface area (Å²) in [4.78, 5) is 47.3. The van der Waals surface area contributed by atoms with Gasteiger partial charge in [0.25, 0.3) is 17.4 Å². The monoisotopic (exact) mass is 570 g/mol. The summed E-state index contributed by atoms with van der Waals surface area (Å²) >= 11 is 0. The Morgan fingerprint density at radius 3 is 2.69 bits per heavy atom. The Labute approximate surface area is 240 Å². The number of carbonyl (C=O) groups is 2. The molecule has 11 heteroatoms. The molecule has 0 saturated heterocycles. The van der Waals surface area contributed by atoms with Crippen molar-refractivity contribution < 1.29 is 18.4 Å². The number of benzene rings is 2. The van der Waals surface area contributed by atoms with Crippen molar-refractivity contribution in [2.45, 2.75) is 13.1 Å². The molecular weight excluding hydrogens is 542 g/mol. The molecule has 1 aliphatic rings. The average molecular weight is 571 g/mol. The number of aromatic amines is 1. The van der Waals surface area contributed by atoms with Crippen LogP contribution in [0.15, 0.2) is 72.1 Å². The first-order valence-corrected chi connectivity index (χ1v) is 13.1. The molecule has 9 nitrogen and oxygen atoms in total. The number of nitrogens with one attached hydrogen (secondary N) is 3. The van der Waals surface area contributed by atoms with Crippen LogP contribution < -0.4 is 16.2 Å². The van der Waals surface area contributed by atoms with Gasteiger partial charge in [-0.3, -0.25) is 19.0 Å². The lowest BCUT2D eigenvalue weighted by Crippen LogP contribution is -2.33. The van der Waals surface area contributed by atoms with E-state index < -0.39 is 23.1 Å². The van der Waals surface area contributed by atoms with E-state index in [1.807, 2.05) is 50.6 Å². The molecule has 2 aromatic heterocycles. The van der Waals surface area contributed by atoms with Gasteiger partial charge in [0.2, 0.25) is 0 Å². The van der Waals surface area contributed by atoms with E-state index in [-0.39, 0.29) is 24.6 Å². The lowest BCUT2D eigenvalue weighted by Gasteiger charge is -2.08. The van der Waals surface area contributed by atoms with Crippen LogP contribution in [0.4, 0.5) is 14.5 Å². The molecule has 0 unspecified atom stereocenters. The first kappa shape index (κ1) is 28.4. The van der Waals surface area contributed by atoms with Crippen LogP contribution in [0.5, 0.6) is 0 Å². The maximum absolute atomic E-state index is 13.5. The Balaban J connectivity index is 1.21. The zero-order valence-electron chi connectivity index (χ0n) is 22.9. The molecule has 5 rings (SSSR count). The van der Waals surface area contributed by atoms with Gasteiger partial charge in [-0.05, 0) is 61.1 Å². The fourth-order valence-electron chi connectivity index (χ4n) is 4.61. The summed E-state index contributed by atoms with van der Waals surface area (Å²) in [6.45, 7) is 0.851. The van der Waals surface area contributed by atoms with Gasteiger partial charge in [-0.2, -0.15) is 0 Å². The Kier molecular flexibility index (Phi) is 8.21. The van der Waals surface area contributed by atoms with E-state index in [0.29, 0.717) is 16.8 Å². The van der Waals surface area contributed by atoms with Crippen LogP contribution in [0.2, 0.25) is 0 Å². The number of hydrogen-bond donors (Lipinski definition) is 3. The number of anilines is 1. The number of nitrogens with zero attached hydrogens (tertiary/aromatic N) is 3. The fraction of sp³-hybridized carbons (Fsp3) is 0.161. The van der Waals surface area contributed by atoms with Gasteiger partial charge in [-0.1, -0.05) is 30.4 Å². The van der Waals surface area contributed by atoms with Crippen LogP contribution in [-0.4, -0.2) is 51.9 Å². The summed E-state index contributed by atoms with van der Waals surface area (Å²) in [5.74, 6) is -2.82. The van der Waals surface area contributed by atoms with E-state index in [1.165, 1.54) is 12.4 Å². The third-order valence-corrected chi connectivity index (χ3v) is 6.56. The number of rotatable bonds is 9. The fourth-order valence-corrected chi connectivity index (χ4v) is 4.61. The average Bonchev–Trinajstić information content (AvgIpc) is 3.52. The molecule has 4 aromatic rings. The summed E-state index contributed by atoms with van der Waals surface area (Å²) in [7, 11) is 3.99. The topological polar surface area (TPSA) is 112 Å². The minimum atomic E-state index is -1.03. The first-order valence-electron chi connectivity index (χ1n) is 13.1. The maximum Gasteiger partial charge on any atom is 0.266 e. The maximum atomic E-state index is 13.5. The van der Waals surface area contributed by atoms with Gasteiger partial charge in [0.05, 0.1) is 18.4 Å². The molecule has 2 aromatic carbocycles. The highest BCUT2D eigenvalue weighted by atomic mass is 19.2. The summed E-state index contributed by atoms with van der Waals surface area (Å²) in [6.07, 6.45) is 9.65. The predicted octanol–water partition coefficient (Wildman–Crippen LogP) is 3.90. The number of halogens is 2. The first-order chi connectivity index (χ1) is 20.2. The van der Waals surface area contributed by atoms with E-state index >= 15 is 0 Å². The van der Waals surface area contributed by atoms with Gasteiger partial charge in [0, 0.05) is 42.4 Å². The Bertz CT molecular complexity index is 1790. The van der Waals surface area contributed by atoms with Gasteiger partial charge < -0.3 is 20.5 Å². The quantitative estimate of drug-likeness (QED) is 0.265. The van der Waals surface area contributed by atoms with Gasteiger partial charge in [0.15, 0.2) is 11.6 Å². The Morgan fingerprint density at radius 2 is 1.90 bits per heavy atom. The summed E-state index contributed by atoms with van der Waals surface area (Å²) in [5, 5.41) is 5.55. The van der Waals surface area contributed by atoms with Gasteiger partial charge in [0.1, 0.15) is 5.56 Å². The van der Waals surface area contributed by atoms with Crippen molar-refractivity contribution in [1.82, 2.24) is 24.8 Å². The molecule has 0 saturated carbocycles. The summed E-state index contributed by atoms with van der Waals surface area (Å²) < 4.78 is 27.9. The van der Waals surface area contributed by atoms with E-state index in [4.69, 9.17) is 0 Å².